The maximum absolute atomic E-state index is 13.5. The SMILES string of the molecule is Cn1c(=O)c2c(nc(N3CCC[C@@H](N)C3)n2CC2CCCCC2)c2cc(C(=O)O)ccc21. The van der Waals surface area contributed by atoms with Crippen molar-refractivity contribution in [2.75, 3.05) is 18.0 Å². The Morgan fingerprint density at radius 1 is 1.19 bits per heavy atom. The molecule has 1 aromatic carbocycles. The fourth-order valence-corrected chi connectivity index (χ4v) is 5.50. The van der Waals surface area contributed by atoms with Gasteiger partial charge in [-0.1, -0.05) is 19.3 Å². The van der Waals surface area contributed by atoms with E-state index in [2.05, 4.69) is 9.47 Å². The van der Waals surface area contributed by atoms with Crippen LogP contribution in [0.3, 0.4) is 0 Å². The second kappa shape index (κ2) is 8.24. The minimum absolute atomic E-state index is 0.0879. The Morgan fingerprint density at radius 2 is 1.97 bits per heavy atom. The smallest absolute Gasteiger partial charge is 0.335 e. The van der Waals surface area contributed by atoms with Crippen LogP contribution in [0, 0.1) is 5.92 Å². The molecule has 0 spiro atoms. The van der Waals surface area contributed by atoms with Gasteiger partial charge >= 0.3 is 5.97 Å². The average Bonchev–Trinajstić information content (AvgIpc) is 3.17. The molecule has 1 aliphatic heterocycles. The minimum atomic E-state index is -0.988. The number of pyridine rings is 1. The molecule has 1 aliphatic carbocycles. The monoisotopic (exact) mass is 437 g/mol. The van der Waals surface area contributed by atoms with Gasteiger partial charge in [0.25, 0.3) is 5.56 Å². The van der Waals surface area contributed by atoms with Gasteiger partial charge in [0.05, 0.1) is 11.1 Å². The number of aromatic nitrogens is 3. The summed E-state index contributed by atoms with van der Waals surface area (Å²) in [7, 11) is 1.75. The van der Waals surface area contributed by atoms with E-state index in [1.54, 1.807) is 29.8 Å². The third kappa shape index (κ3) is 3.56. The summed E-state index contributed by atoms with van der Waals surface area (Å²) < 4.78 is 3.73. The predicted molar refractivity (Wildman–Crippen MR) is 125 cm³/mol. The highest BCUT2D eigenvalue weighted by Crippen LogP contribution is 2.32. The fraction of sp³-hybridized carbons (Fsp3) is 0.542. The number of hydrogen-bond acceptors (Lipinski definition) is 5. The maximum atomic E-state index is 13.5. The Morgan fingerprint density at radius 3 is 2.69 bits per heavy atom. The molecule has 32 heavy (non-hydrogen) atoms. The molecule has 2 aliphatic rings. The molecule has 8 heteroatoms. The number of rotatable bonds is 4. The zero-order chi connectivity index (χ0) is 22.4. The van der Waals surface area contributed by atoms with Crippen LogP contribution in [-0.4, -0.2) is 44.3 Å². The van der Waals surface area contributed by atoms with Crippen molar-refractivity contribution in [1.29, 1.82) is 0 Å². The van der Waals surface area contributed by atoms with Crippen molar-refractivity contribution >= 4 is 33.9 Å². The number of carboxylic acids is 1. The van der Waals surface area contributed by atoms with Crippen LogP contribution in [0.4, 0.5) is 5.95 Å². The van der Waals surface area contributed by atoms with E-state index in [0.717, 1.165) is 44.7 Å². The van der Waals surface area contributed by atoms with Crippen molar-refractivity contribution in [2.24, 2.45) is 18.7 Å². The van der Waals surface area contributed by atoms with Crippen molar-refractivity contribution in [3.05, 3.63) is 34.1 Å². The Labute approximate surface area is 186 Å². The molecule has 2 fully saturated rings. The molecule has 1 atom stereocenters. The summed E-state index contributed by atoms with van der Waals surface area (Å²) in [6.45, 7) is 2.34. The summed E-state index contributed by atoms with van der Waals surface area (Å²) in [5, 5.41) is 10.2. The lowest BCUT2D eigenvalue weighted by atomic mass is 9.89. The number of nitrogens with zero attached hydrogens (tertiary/aromatic N) is 4. The topological polar surface area (TPSA) is 106 Å². The fourth-order valence-electron chi connectivity index (χ4n) is 5.50. The maximum Gasteiger partial charge on any atom is 0.335 e. The molecule has 1 saturated carbocycles. The van der Waals surface area contributed by atoms with Crippen molar-refractivity contribution < 1.29 is 9.90 Å². The number of carbonyl (C=O) groups is 1. The van der Waals surface area contributed by atoms with E-state index in [1.807, 2.05) is 0 Å². The zero-order valence-corrected chi connectivity index (χ0v) is 18.6. The zero-order valence-electron chi connectivity index (χ0n) is 18.6. The van der Waals surface area contributed by atoms with Gasteiger partial charge in [-0.15, -0.1) is 0 Å². The highest BCUT2D eigenvalue weighted by atomic mass is 16.4. The lowest BCUT2D eigenvalue weighted by Crippen LogP contribution is -2.44. The number of anilines is 1. The minimum Gasteiger partial charge on any atom is -0.478 e. The van der Waals surface area contributed by atoms with Gasteiger partial charge in [0.1, 0.15) is 11.0 Å². The summed E-state index contributed by atoms with van der Waals surface area (Å²) in [5.74, 6) is 0.327. The number of carboxylic acid groups (broad SMARTS) is 1. The summed E-state index contributed by atoms with van der Waals surface area (Å²) in [6.07, 6.45) is 8.04. The molecule has 170 valence electrons. The molecule has 3 aromatic rings. The third-order valence-corrected chi connectivity index (χ3v) is 7.22. The third-order valence-electron chi connectivity index (χ3n) is 7.22. The number of aryl methyl sites for hydroxylation is 1. The standard InChI is InChI=1S/C24H31N5O3/c1-27-19-10-9-16(23(31)32)12-18(19)20-21(22(27)30)29(13-15-6-3-2-4-7-15)24(26-20)28-11-5-8-17(25)14-28/h9-10,12,15,17H,2-8,11,13-14,25H2,1H3,(H,31,32)/t17-/m1/s1. The first-order chi connectivity index (χ1) is 15.4. The van der Waals surface area contributed by atoms with Crippen LogP contribution in [-0.2, 0) is 13.6 Å². The largest absolute Gasteiger partial charge is 0.478 e. The summed E-state index contributed by atoms with van der Waals surface area (Å²) in [6, 6.07) is 4.98. The van der Waals surface area contributed by atoms with Gasteiger partial charge in [-0.25, -0.2) is 9.78 Å². The van der Waals surface area contributed by atoms with Crippen LogP contribution < -0.4 is 16.2 Å². The molecule has 1 saturated heterocycles. The molecule has 0 bridgehead atoms. The first kappa shape index (κ1) is 21.0. The Kier molecular flexibility index (Phi) is 5.41. The van der Waals surface area contributed by atoms with Gasteiger partial charge < -0.3 is 24.9 Å². The first-order valence-electron chi connectivity index (χ1n) is 11.7. The number of fused-ring (bicyclic) bond motifs is 3. The van der Waals surface area contributed by atoms with Crippen LogP contribution in [0.5, 0.6) is 0 Å². The number of hydrogen-bond donors (Lipinski definition) is 2. The van der Waals surface area contributed by atoms with E-state index in [1.165, 1.54) is 19.3 Å². The summed E-state index contributed by atoms with van der Waals surface area (Å²) in [5.41, 5.74) is 8.24. The molecule has 0 radical (unpaired) electrons. The lowest BCUT2D eigenvalue weighted by Gasteiger charge is -2.33. The number of piperidine rings is 1. The van der Waals surface area contributed by atoms with Gasteiger partial charge in [0, 0.05) is 38.1 Å². The Balaban J connectivity index is 1.76. The van der Waals surface area contributed by atoms with Gasteiger partial charge in [-0.05, 0) is 49.8 Å². The van der Waals surface area contributed by atoms with Crippen molar-refractivity contribution in [3.8, 4) is 0 Å². The van der Waals surface area contributed by atoms with Gasteiger partial charge in [0.15, 0.2) is 0 Å². The number of nitrogens with two attached hydrogens (primary N) is 1. The highest BCUT2D eigenvalue weighted by molar-refractivity contribution is 6.06. The Bertz CT molecular complexity index is 1240. The van der Waals surface area contributed by atoms with E-state index in [-0.39, 0.29) is 17.2 Å². The molecule has 3 N–H and O–H groups in total. The molecule has 8 nitrogen and oxygen atoms in total. The van der Waals surface area contributed by atoms with E-state index in [9.17, 15) is 14.7 Å². The van der Waals surface area contributed by atoms with Crippen LogP contribution in [0.25, 0.3) is 21.9 Å². The summed E-state index contributed by atoms with van der Waals surface area (Å²) in [4.78, 5) is 32.4. The molecule has 2 aromatic heterocycles. The van der Waals surface area contributed by atoms with Gasteiger partial charge in [-0.3, -0.25) is 4.79 Å². The second-order valence-corrected chi connectivity index (χ2v) is 9.47. The highest BCUT2D eigenvalue weighted by Gasteiger charge is 2.27. The number of imidazole rings is 1. The van der Waals surface area contributed by atoms with Crippen molar-refractivity contribution in [2.45, 2.75) is 57.5 Å². The molecular weight excluding hydrogens is 406 g/mol. The number of aromatic carboxylic acids is 1. The molecule has 0 unspecified atom stereocenters. The second-order valence-electron chi connectivity index (χ2n) is 9.47. The summed E-state index contributed by atoms with van der Waals surface area (Å²) >= 11 is 0. The van der Waals surface area contributed by atoms with E-state index in [0.29, 0.717) is 34.4 Å². The van der Waals surface area contributed by atoms with Crippen molar-refractivity contribution in [1.82, 2.24) is 14.1 Å². The quantitative estimate of drug-likeness (QED) is 0.650. The normalized spacial score (nSPS) is 20.3. The van der Waals surface area contributed by atoms with E-state index in [4.69, 9.17) is 10.7 Å². The van der Waals surface area contributed by atoms with E-state index < -0.39 is 5.97 Å². The van der Waals surface area contributed by atoms with Crippen LogP contribution in [0.1, 0.15) is 55.3 Å². The van der Waals surface area contributed by atoms with Gasteiger partial charge in [0.2, 0.25) is 5.95 Å². The predicted octanol–water partition coefficient (Wildman–Crippen LogP) is 3.09. The molecule has 5 rings (SSSR count). The van der Waals surface area contributed by atoms with E-state index >= 15 is 0 Å². The van der Waals surface area contributed by atoms with Crippen LogP contribution >= 0.6 is 0 Å². The number of benzene rings is 1. The van der Waals surface area contributed by atoms with Gasteiger partial charge in [-0.2, -0.15) is 0 Å². The molecule has 0 amide bonds. The van der Waals surface area contributed by atoms with Crippen LogP contribution in [0.15, 0.2) is 23.0 Å². The lowest BCUT2D eigenvalue weighted by molar-refractivity contribution is 0.0697. The molecular formula is C24H31N5O3. The van der Waals surface area contributed by atoms with Crippen molar-refractivity contribution in [3.63, 3.8) is 0 Å². The van der Waals surface area contributed by atoms with Crippen LogP contribution in [0.2, 0.25) is 0 Å². The molecule has 3 heterocycles. The Hall–Kier alpha value is -2.87. The average molecular weight is 438 g/mol. The first-order valence-corrected chi connectivity index (χ1v) is 11.7.